The molecule has 0 aliphatic heterocycles. The highest BCUT2D eigenvalue weighted by molar-refractivity contribution is 9.10. The van der Waals surface area contributed by atoms with E-state index >= 15 is 0 Å². The second kappa shape index (κ2) is 5.15. The average molecular weight is 352 g/mol. The Labute approximate surface area is 119 Å². The molecule has 3 N–H and O–H groups in total. The molecule has 1 aromatic heterocycles. The topological polar surface area (TPSA) is 46.2 Å². The SMILES string of the molecule is Nc1ccc(C(F)(F)F)cc1C(O)c1sccc1Br. The number of thiophene rings is 1. The molecule has 0 radical (unpaired) electrons. The molecule has 0 bridgehead atoms. The number of benzene rings is 1. The molecule has 0 spiro atoms. The minimum atomic E-state index is -4.46. The van der Waals surface area contributed by atoms with E-state index in [1.54, 1.807) is 11.4 Å². The van der Waals surface area contributed by atoms with Crippen molar-refractivity contribution in [1.29, 1.82) is 0 Å². The van der Waals surface area contributed by atoms with Crippen LogP contribution in [-0.2, 0) is 6.18 Å². The minimum Gasteiger partial charge on any atom is -0.398 e. The van der Waals surface area contributed by atoms with Crippen molar-refractivity contribution in [3.63, 3.8) is 0 Å². The number of rotatable bonds is 2. The number of alkyl halides is 3. The van der Waals surface area contributed by atoms with Crippen molar-refractivity contribution in [1.82, 2.24) is 0 Å². The predicted molar refractivity (Wildman–Crippen MR) is 71.9 cm³/mol. The molecule has 0 amide bonds. The molecule has 0 saturated carbocycles. The first-order chi connectivity index (χ1) is 8.80. The van der Waals surface area contributed by atoms with Crippen LogP contribution in [0.5, 0.6) is 0 Å². The third kappa shape index (κ3) is 2.93. The molecule has 1 unspecified atom stereocenters. The lowest BCUT2D eigenvalue weighted by atomic mass is 10.0. The zero-order valence-corrected chi connectivity index (χ0v) is 11.8. The molecule has 2 nitrogen and oxygen atoms in total. The monoisotopic (exact) mass is 351 g/mol. The molecule has 0 saturated heterocycles. The molecule has 2 aromatic rings. The van der Waals surface area contributed by atoms with Gasteiger partial charge >= 0.3 is 6.18 Å². The van der Waals surface area contributed by atoms with Crippen LogP contribution >= 0.6 is 27.3 Å². The largest absolute Gasteiger partial charge is 0.416 e. The third-order valence-electron chi connectivity index (χ3n) is 2.60. The normalized spacial score (nSPS) is 13.5. The molecular formula is C12H9BrF3NOS. The summed E-state index contributed by atoms with van der Waals surface area (Å²) in [5.74, 6) is 0. The molecule has 0 fully saturated rings. The summed E-state index contributed by atoms with van der Waals surface area (Å²) in [5.41, 5.74) is 5.00. The van der Waals surface area contributed by atoms with Crippen LogP contribution in [0.4, 0.5) is 18.9 Å². The van der Waals surface area contributed by atoms with Crippen LogP contribution in [0.1, 0.15) is 22.1 Å². The lowest BCUT2D eigenvalue weighted by molar-refractivity contribution is -0.137. The van der Waals surface area contributed by atoms with Crippen molar-refractivity contribution in [2.75, 3.05) is 5.73 Å². The van der Waals surface area contributed by atoms with E-state index < -0.39 is 17.8 Å². The second-order valence-corrected chi connectivity index (χ2v) is 5.68. The average Bonchev–Trinajstić information content (AvgIpc) is 2.73. The first-order valence-electron chi connectivity index (χ1n) is 5.18. The van der Waals surface area contributed by atoms with E-state index in [4.69, 9.17) is 5.73 Å². The first kappa shape index (κ1) is 14.4. The molecule has 1 heterocycles. The van der Waals surface area contributed by atoms with Crippen molar-refractivity contribution in [2.24, 2.45) is 0 Å². The Hall–Kier alpha value is -1.05. The standard InChI is InChI=1S/C12H9BrF3NOS/c13-8-3-4-19-11(8)10(18)7-5-6(12(14,15)16)1-2-9(7)17/h1-5,10,18H,17H2. The van der Waals surface area contributed by atoms with Crippen molar-refractivity contribution < 1.29 is 18.3 Å². The van der Waals surface area contributed by atoms with E-state index in [2.05, 4.69) is 15.9 Å². The third-order valence-corrected chi connectivity index (χ3v) is 4.53. The number of halogens is 4. The molecule has 2 rings (SSSR count). The molecule has 0 aliphatic rings. The van der Waals surface area contributed by atoms with Gasteiger partial charge in [0.05, 0.1) is 10.4 Å². The number of aliphatic hydroxyl groups excluding tert-OH is 1. The molecule has 0 aliphatic carbocycles. The quantitative estimate of drug-likeness (QED) is 0.796. The Bertz CT molecular complexity index is 597. The van der Waals surface area contributed by atoms with Gasteiger partial charge in [-0.2, -0.15) is 13.2 Å². The van der Waals surface area contributed by atoms with Crippen molar-refractivity contribution in [2.45, 2.75) is 12.3 Å². The van der Waals surface area contributed by atoms with Gasteiger partial charge in [0.2, 0.25) is 0 Å². The summed E-state index contributed by atoms with van der Waals surface area (Å²) < 4.78 is 38.6. The number of aliphatic hydroxyl groups is 1. The number of hydrogen-bond donors (Lipinski definition) is 2. The van der Waals surface area contributed by atoms with Crippen LogP contribution in [-0.4, -0.2) is 5.11 Å². The summed E-state index contributed by atoms with van der Waals surface area (Å²) in [6.45, 7) is 0. The smallest absolute Gasteiger partial charge is 0.398 e. The van der Waals surface area contributed by atoms with Gasteiger partial charge in [-0.05, 0) is 45.6 Å². The summed E-state index contributed by atoms with van der Waals surface area (Å²) in [6, 6.07) is 4.65. The van der Waals surface area contributed by atoms with Gasteiger partial charge in [0.25, 0.3) is 0 Å². The second-order valence-electron chi connectivity index (χ2n) is 3.88. The van der Waals surface area contributed by atoms with Gasteiger partial charge in [-0.1, -0.05) is 0 Å². The van der Waals surface area contributed by atoms with Gasteiger partial charge in [-0.3, -0.25) is 0 Å². The van der Waals surface area contributed by atoms with Gasteiger partial charge in [0.1, 0.15) is 6.10 Å². The molecular weight excluding hydrogens is 343 g/mol. The van der Waals surface area contributed by atoms with Gasteiger partial charge in [-0.15, -0.1) is 11.3 Å². The van der Waals surface area contributed by atoms with E-state index in [0.29, 0.717) is 9.35 Å². The summed E-state index contributed by atoms with van der Waals surface area (Å²) >= 11 is 4.47. The van der Waals surface area contributed by atoms with E-state index in [0.717, 1.165) is 18.2 Å². The first-order valence-corrected chi connectivity index (χ1v) is 6.85. The van der Waals surface area contributed by atoms with E-state index in [1.165, 1.54) is 11.3 Å². The van der Waals surface area contributed by atoms with E-state index in [-0.39, 0.29) is 11.3 Å². The molecule has 102 valence electrons. The fraction of sp³-hybridized carbons (Fsp3) is 0.167. The molecule has 1 aromatic carbocycles. The Kier molecular flexibility index (Phi) is 3.89. The maximum atomic E-state index is 12.7. The highest BCUT2D eigenvalue weighted by Crippen LogP contribution is 2.38. The Morgan fingerprint density at radius 1 is 1.26 bits per heavy atom. The minimum absolute atomic E-state index is 0.0537. The summed E-state index contributed by atoms with van der Waals surface area (Å²) in [6.07, 6.45) is -5.65. The van der Waals surface area contributed by atoms with Crippen LogP contribution in [0, 0.1) is 0 Å². The van der Waals surface area contributed by atoms with Crippen LogP contribution in [0.3, 0.4) is 0 Å². The molecule has 19 heavy (non-hydrogen) atoms. The fourth-order valence-electron chi connectivity index (χ4n) is 1.63. The summed E-state index contributed by atoms with van der Waals surface area (Å²) in [5, 5.41) is 11.9. The lowest BCUT2D eigenvalue weighted by Gasteiger charge is -2.15. The van der Waals surface area contributed by atoms with Crippen molar-refractivity contribution in [3.05, 3.63) is 50.1 Å². The Morgan fingerprint density at radius 2 is 1.95 bits per heavy atom. The summed E-state index contributed by atoms with van der Waals surface area (Å²) in [4.78, 5) is 0.519. The zero-order chi connectivity index (χ0) is 14.2. The number of anilines is 1. The number of nitrogen functional groups attached to an aromatic ring is 1. The highest BCUT2D eigenvalue weighted by atomic mass is 79.9. The molecule has 7 heteroatoms. The van der Waals surface area contributed by atoms with E-state index in [9.17, 15) is 18.3 Å². The van der Waals surface area contributed by atoms with Crippen LogP contribution in [0.25, 0.3) is 0 Å². The van der Waals surface area contributed by atoms with Gasteiger partial charge < -0.3 is 10.8 Å². The van der Waals surface area contributed by atoms with Gasteiger partial charge in [-0.25, -0.2) is 0 Å². The highest BCUT2D eigenvalue weighted by Gasteiger charge is 2.32. The van der Waals surface area contributed by atoms with E-state index in [1.807, 2.05) is 0 Å². The number of nitrogens with two attached hydrogens (primary N) is 1. The van der Waals surface area contributed by atoms with Crippen LogP contribution in [0.2, 0.25) is 0 Å². The van der Waals surface area contributed by atoms with Crippen molar-refractivity contribution >= 4 is 33.0 Å². The summed E-state index contributed by atoms with van der Waals surface area (Å²) in [7, 11) is 0. The van der Waals surface area contributed by atoms with Gasteiger partial charge in [0, 0.05) is 15.7 Å². The zero-order valence-electron chi connectivity index (χ0n) is 9.41. The fourth-order valence-corrected chi connectivity index (χ4v) is 3.22. The molecule has 1 atom stereocenters. The van der Waals surface area contributed by atoms with Gasteiger partial charge in [0.15, 0.2) is 0 Å². The Balaban J connectivity index is 2.47. The van der Waals surface area contributed by atoms with Crippen molar-refractivity contribution in [3.8, 4) is 0 Å². The predicted octanol–water partition coefficient (Wildman–Crippen LogP) is 4.19. The van der Waals surface area contributed by atoms with Crippen LogP contribution in [0.15, 0.2) is 34.1 Å². The maximum absolute atomic E-state index is 12.7. The maximum Gasteiger partial charge on any atom is 0.416 e. The number of hydrogen-bond acceptors (Lipinski definition) is 3. The van der Waals surface area contributed by atoms with Crippen LogP contribution < -0.4 is 5.73 Å². The Morgan fingerprint density at radius 3 is 2.47 bits per heavy atom. The lowest BCUT2D eigenvalue weighted by Crippen LogP contribution is -2.09.